The largest absolute Gasteiger partial charge is 0.461 e. The number of aromatic nitrogens is 3. The smallest absolute Gasteiger partial charge is 0.354 e. The summed E-state index contributed by atoms with van der Waals surface area (Å²) in [5, 5.41) is 12.6. The summed E-state index contributed by atoms with van der Waals surface area (Å²) in [4.78, 5) is 41.6. The van der Waals surface area contributed by atoms with E-state index in [1.807, 2.05) is 0 Å². The lowest BCUT2D eigenvalue weighted by Crippen LogP contribution is -2.45. The van der Waals surface area contributed by atoms with Crippen LogP contribution >= 0.6 is 11.6 Å². The van der Waals surface area contributed by atoms with Gasteiger partial charge in [0, 0.05) is 28.6 Å². The molecule has 0 bridgehead atoms. The van der Waals surface area contributed by atoms with Crippen molar-refractivity contribution in [3.63, 3.8) is 0 Å². The lowest BCUT2D eigenvalue weighted by atomic mass is 10.0. The van der Waals surface area contributed by atoms with Crippen LogP contribution in [-0.2, 0) is 16.0 Å². The molecule has 0 aliphatic carbocycles. The zero-order chi connectivity index (χ0) is 29.8. The minimum absolute atomic E-state index is 0.0125. The van der Waals surface area contributed by atoms with Crippen LogP contribution in [0.2, 0.25) is 5.02 Å². The number of halogens is 3. The van der Waals surface area contributed by atoms with Crippen LogP contribution in [0, 0.1) is 11.6 Å². The third-order valence-electron chi connectivity index (χ3n) is 6.41. The number of hydrogen-bond acceptors (Lipinski definition) is 5. The number of nitrogens with zero attached hydrogens (tertiary/aromatic N) is 1. The first-order valence-corrected chi connectivity index (χ1v) is 13.3. The highest BCUT2D eigenvalue weighted by Crippen LogP contribution is 2.27. The number of ether oxygens (including phenoxy) is 1. The summed E-state index contributed by atoms with van der Waals surface area (Å²) in [6.45, 7) is 1.94. The number of esters is 1. The van der Waals surface area contributed by atoms with Crippen LogP contribution in [0.5, 0.6) is 0 Å². The number of carbonyl (C=O) groups excluding carboxylic acids is 3. The third-order valence-corrected chi connectivity index (χ3v) is 6.70. The van der Waals surface area contributed by atoms with Gasteiger partial charge in [0.2, 0.25) is 5.91 Å². The molecule has 12 heteroatoms. The van der Waals surface area contributed by atoms with Gasteiger partial charge in [0.1, 0.15) is 23.2 Å². The fourth-order valence-electron chi connectivity index (χ4n) is 4.34. The average molecular weight is 592 g/mol. The number of H-pyrrole nitrogens is 2. The van der Waals surface area contributed by atoms with Crippen molar-refractivity contribution >= 4 is 46.0 Å². The van der Waals surface area contributed by atoms with Gasteiger partial charge in [0.15, 0.2) is 5.82 Å². The Bertz CT molecular complexity index is 1780. The highest BCUT2D eigenvalue weighted by atomic mass is 35.5. The van der Waals surface area contributed by atoms with Gasteiger partial charge in [0.25, 0.3) is 5.91 Å². The zero-order valence-electron chi connectivity index (χ0n) is 22.1. The van der Waals surface area contributed by atoms with Gasteiger partial charge in [-0.05, 0) is 67.1 Å². The number of benzene rings is 3. The molecule has 0 spiro atoms. The van der Waals surface area contributed by atoms with Gasteiger partial charge in [-0.1, -0.05) is 29.8 Å². The van der Waals surface area contributed by atoms with E-state index in [9.17, 15) is 23.2 Å². The van der Waals surface area contributed by atoms with Crippen LogP contribution in [0.3, 0.4) is 0 Å². The first-order valence-electron chi connectivity index (χ1n) is 12.9. The van der Waals surface area contributed by atoms with Crippen molar-refractivity contribution in [1.29, 1.82) is 0 Å². The fraction of sp³-hybridized carbons (Fsp3) is 0.133. The molecule has 214 valence electrons. The maximum Gasteiger partial charge on any atom is 0.354 e. The van der Waals surface area contributed by atoms with Crippen molar-refractivity contribution in [1.82, 2.24) is 20.5 Å². The molecule has 3 aromatic carbocycles. The molecule has 0 radical (unpaired) electrons. The molecule has 0 saturated heterocycles. The van der Waals surface area contributed by atoms with E-state index in [0.717, 1.165) is 0 Å². The SMILES string of the molecule is CCOC(=O)c1cc2cc(NC(=O)[C@H](Cc3ccc(F)cc3)NC(=O)c3cc(-c4cccc(Cl)c4F)n[nH]3)ccc2[nH]1. The monoisotopic (exact) mass is 591 g/mol. The summed E-state index contributed by atoms with van der Waals surface area (Å²) < 4.78 is 33.0. The maximum absolute atomic E-state index is 14.5. The molecule has 42 heavy (non-hydrogen) atoms. The Labute approximate surface area is 243 Å². The average Bonchev–Trinajstić information content (AvgIpc) is 3.63. The Balaban J connectivity index is 1.36. The Morgan fingerprint density at radius 2 is 1.79 bits per heavy atom. The quantitative estimate of drug-likeness (QED) is 0.165. The van der Waals surface area contributed by atoms with Gasteiger partial charge >= 0.3 is 5.97 Å². The number of carbonyl (C=O) groups is 3. The van der Waals surface area contributed by atoms with E-state index in [0.29, 0.717) is 22.2 Å². The zero-order valence-corrected chi connectivity index (χ0v) is 22.9. The van der Waals surface area contributed by atoms with Gasteiger partial charge in [-0.15, -0.1) is 0 Å². The lowest BCUT2D eigenvalue weighted by molar-refractivity contribution is -0.118. The van der Waals surface area contributed by atoms with E-state index in [1.54, 1.807) is 37.3 Å². The van der Waals surface area contributed by atoms with E-state index in [4.69, 9.17) is 16.3 Å². The number of hydrogen-bond donors (Lipinski definition) is 4. The molecule has 1 atom stereocenters. The number of nitrogens with one attached hydrogen (secondary N) is 4. The van der Waals surface area contributed by atoms with Crippen molar-refractivity contribution in [2.45, 2.75) is 19.4 Å². The standard InChI is InChI=1S/C30H24ClF2N5O4/c1-2-42-30(41)26-14-17-13-19(10-11-22(17)35-26)34-28(39)24(12-16-6-8-18(32)9-7-16)36-29(40)25-15-23(37-38-25)20-4-3-5-21(31)27(20)33/h3-11,13-15,24,35H,2,12H2,1H3,(H,34,39)(H,36,40)(H,37,38)/t24-/m0/s1. The third kappa shape index (κ3) is 6.31. The second-order valence-corrected chi connectivity index (χ2v) is 9.73. The minimum atomic E-state index is -1.09. The van der Waals surface area contributed by atoms with Crippen LogP contribution in [0.1, 0.15) is 33.5 Å². The molecular formula is C30H24ClF2N5O4. The number of aromatic amines is 2. The molecule has 9 nitrogen and oxygen atoms in total. The molecule has 0 fully saturated rings. The molecule has 4 N–H and O–H groups in total. The lowest BCUT2D eigenvalue weighted by Gasteiger charge is -2.18. The van der Waals surface area contributed by atoms with Gasteiger partial charge in [-0.3, -0.25) is 14.7 Å². The normalized spacial score (nSPS) is 11.7. The molecule has 2 aromatic heterocycles. The summed E-state index contributed by atoms with van der Waals surface area (Å²) in [6.07, 6.45) is 0.0428. The fourth-order valence-corrected chi connectivity index (χ4v) is 4.51. The molecule has 5 rings (SSSR count). The number of amides is 2. The highest BCUT2D eigenvalue weighted by Gasteiger charge is 2.24. The summed E-state index contributed by atoms with van der Waals surface area (Å²) in [5.74, 6) is -2.84. The van der Waals surface area contributed by atoms with E-state index < -0.39 is 35.5 Å². The first-order chi connectivity index (χ1) is 20.2. The maximum atomic E-state index is 14.5. The first kappa shape index (κ1) is 28.5. The van der Waals surface area contributed by atoms with E-state index in [-0.39, 0.29) is 40.7 Å². The van der Waals surface area contributed by atoms with Crippen molar-refractivity contribution < 1.29 is 27.9 Å². The molecule has 0 aliphatic heterocycles. The Kier molecular flexibility index (Phi) is 8.30. The molecule has 0 aliphatic rings. The molecule has 5 aromatic rings. The van der Waals surface area contributed by atoms with Crippen molar-refractivity contribution in [3.8, 4) is 11.3 Å². The highest BCUT2D eigenvalue weighted by molar-refractivity contribution is 6.31. The van der Waals surface area contributed by atoms with Gasteiger partial charge in [0.05, 0.1) is 17.3 Å². The predicted octanol–water partition coefficient (Wildman–Crippen LogP) is 5.65. The molecule has 2 heterocycles. The number of rotatable bonds is 9. The van der Waals surface area contributed by atoms with Crippen molar-refractivity contribution in [3.05, 3.63) is 106 Å². The topological polar surface area (TPSA) is 129 Å². The van der Waals surface area contributed by atoms with Crippen LogP contribution in [0.15, 0.2) is 72.8 Å². The van der Waals surface area contributed by atoms with E-state index in [2.05, 4.69) is 25.8 Å². The molecule has 0 unspecified atom stereocenters. The number of anilines is 1. The molecular weight excluding hydrogens is 568 g/mol. The van der Waals surface area contributed by atoms with Crippen LogP contribution in [0.25, 0.3) is 22.2 Å². The summed E-state index contributed by atoms with van der Waals surface area (Å²) in [6, 6.07) is 16.8. The Morgan fingerprint density at radius 3 is 2.55 bits per heavy atom. The second-order valence-electron chi connectivity index (χ2n) is 9.32. The Morgan fingerprint density at radius 1 is 1.00 bits per heavy atom. The minimum Gasteiger partial charge on any atom is -0.461 e. The van der Waals surface area contributed by atoms with Crippen LogP contribution in [-0.4, -0.2) is 45.6 Å². The van der Waals surface area contributed by atoms with E-state index >= 15 is 0 Å². The molecule has 2 amide bonds. The van der Waals surface area contributed by atoms with Gasteiger partial charge in [-0.25, -0.2) is 13.6 Å². The molecule has 0 saturated carbocycles. The van der Waals surface area contributed by atoms with Gasteiger partial charge in [-0.2, -0.15) is 5.10 Å². The Hall–Kier alpha value is -5.03. The second kappa shape index (κ2) is 12.2. The van der Waals surface area contributed by atoms with E-state index in [1.165, 1.54) is 42.5 Å². The van der Waals surface area contributed by atoms with Crippen molar-refractivity contribution in [2.75, 3.05) is 11.9 Å². The van der Waals surface area contributed by atoms with Crippen LogP contribution < -0.4 is 10.6 Å². The van der Waals surface area contributed by atoms with Gasteiger partial charge < -0.3 is 20.4 Å². The summed E-state index contributed by atoms with van der Waals surface area (Å²) in [7, 11) is 0. The van der Waals surface area contributed by atoms with Crippen LogP contribution in [0.4, 0.5) is 14.5 Å². The summed E-state index contributed by atoms with van der Waals surface area (Å²) in [5.41, 5.74) is 2.20. The number of fused-ring (bicyclic) bond motifs is 1. The van der Waals surface area contributed by atoms with Crippen molar-refractivity contribution in [2.24, 2.45) is 0 Å². The summed E-state index contributed by atoms with van der Waals surface area (Å²) >= 11 is 5.87. The predicted molar refractivity (Wildman–Crippen MR) is 153 cm³/mol.